The van der Waals surface area contributed by atoms with Crippen LogP contribution in [0, 0.1) is 0 Å². The second kappa shape index (κ2) is 4.37. The number of methoxy groups -OCH3 is 1. The zero-order chi connectivity index (χ0) is 10.8. The Balaban J connectivity index is 2.42. The molecule has 2 rings (SSSR count). The van der Waals surface area contributed by atoms with Crippen molar-refractivity contribution < 1.29 is 4.74 Å². The highest BCUT2D eigenvalue weighted by molar-refractivity contribution is 9.10. The lowest BCUT2D eigenvalue weighted by molar-refractivity contribution is 0.412. The molecule has 0 atom stereocenters. The maximum atomic E-state index is 5.15. The average Bonchev–Trinajstić information content (AvgIpc) is 2.65. The van der Waals surface area contributed by atoms with Crippen molar-refractivity contribution in [3.8, 4) is 17.1 Å². The van der Waals surface area contributed by atoms with E-state index in [1.165, 1.54) is 0 Å². The number of halogens is 2. The van der Waals surface area contributed by atoms with Gasteiger partial charge in [0.25, 0.3) is 0 Å². The van der Waals surface area contributed by atoms with Crippen molar-refractivity contribution >= 4 is 31.9 Å². The summed E-state index contributed by atoms with van der Waals surface area (Å²) in [5, 5.41) is 0. The van der Waals surface area contributed by atoms with E-state index in [0.717, 1.165) is 26.2 Å². The number of rotatable bonds is 2. The summed E-state index contributed by atoms with van der Waals surface area (Å²) in [5.41, 5.74) is 1.01. The molecule has 0 saturated heterocycles. The van der Waals surface area contributed by atoms with E-state index in [1.807, 2.05) is 18.2 Å². The number of hydrogen-bond donors (Lipinski definition) is 1. The Bertz CT molecular complexity index is 482. The van der Waals surface area contributed by atoms with Crippen LogP contribution < -0.4 is 4.74 Å². The Morgan fingerprint density at radius 3 is 2.67 bits per heavy atom. The minimum atomic E-state index is 0.810. The zero-order valence-corrected chi connectivity index (χ0v) is 11.1. The van der Waals surface area contributed by atoms with Gasteiger partial charge >= 0.3 is 0 Å². The van der Waals surface area contributed by atoms with Gasteiger partial charge in [0, 0.05) is 5.56 Å². The monoisotopic (exact) mass is 330 g/mol. The molecule has 3 nitrogen and oxygen atoms in total. The first kappa shape index (κ1) is 10.7. The topological polar surface area (TPSA) is 37.9 Å². The molecule has 2 aromatic rings. The molecule has 0 radical (unpaired) electrons. The molecule has 0 aliphatic heterocycles. The third-order valence-electron chi connectivity index (χ3n) is 1.97. The fourth-order valence-corrected chi connectivity index (χ4v) is 2.09. The van der Waals surface area contributed by atoms with E-state index >= 15 is 0 Å². The summed E-state index contributed by atoms with van der Waals surface area (Å²) in [6, 6.07) is 5.81. The summed E-state index contributed by atoms with van der Waals surface area (Å²) in [6.45, 7) is 0. The number of aromatic nitrogens is 2. The largest absolute Gasteiger partial charge is 0.496 e. The minimum absolute atomic E-state index is 0.810. The third-order valence-corrected chi connectivity index (χ3v) is 2.99. The van der Waals surface area contributed by atoms with E-state index in [1.54, 1.807) is 13.3 Å². The first-order chi connectivity index (χ1) is 7.20. The standard InChI is InChI=1S/C10H8Br2N2O/c1-15-8-3-2-6(4-7(8)11)10-13-5-9(12)14-10/h2-5H,1H3,(H,13,14). The number of nitrogens with zero attached hydrogens (tertiary/aromatic N) is 1. The summed E-state index contributed by atoms with van der Waals surface area (Å²) in [4.78, 5) is 7.32. The minimum Gasteiger partial charge on any atom is -0.496 e. The summed E-state index contributed by atoms with van der Waals surface area (Å²) in [5.74, 6) is 1.63. The molecule has 0 fully saturated rings. The van der Waals surface area contributed by atoms with E-state index in [2.05, 4.69) is 41.8 Å². The SMILES string of the molecule is COc1ccc(-c2ncc(Br)[nH]2)cc1Br. The Morgan fingerprint density at radius 1 is 1.33 bits per heavy atom. The molecule has 1 aromatic heterocycles. The van der Waals surface area contributed by atoms with Crippen LogP contribution in [0.15, 0.2) is 33.5 Å². The highest BCUT2D eigenvalue weighted by atomic mass is 79.9. The third kappa shape index (κ3) is 2.23. The number of nitrogens with one attached hydrogen (secondary N) is 1. The van der Waals surface area contributed by atoms with Gasteiger partial charge in [-0.05, 0) is 50.1 Å². The predicted octanol–water partition coefficient (Wildman–Crippen LogP) is 3.61. The molecule has 1 N–H and O–H groups in total. The number of hydrogen-bond acceptors (Lipinski definition) is 2. The average molecular weight is 332 g/mol. The van der Waals surface area contributed by atoms with Crippen LogP contribution >= 0.6 is 31.9 Å². The molecule has 0 aliphatic carbocycles. The van der Waals surface area contributed by atoms with Crippen molar-refractivity contribution in [1.82, 2.24) is 9.97 Å². The number of ether oxygens (including phenoxy) is 1. The van der Waals surface area contributed by atoms with E-state index in [4.69, 9.17) is 4.74 Å². The molecule has 0 bridgehead atoms. The van der Waals surface area contributed by atoms with Crippen LogP contribution in [0.2, 0.25) is 0 Å². The molecular formula is C10H8Br2N2O. The van der Waals surface area contributed by atoms with Crippen LogP contribution in [0.4, 0.5) is 0 Å². The van der Waals surface area contributed by atoms with Crippen molar-refractivity contribution in [2.75, 3.05) is 7.11 Å². The van der Waals surface area contributed by atoms with Gasteiger partial charge in [0.2, 0.25) is 0 Å². The summed E-state index contributed by atoms with van der Waals surface area (Å²) in [6.07, 6.45) is 1.73. The zero-order valence-electron chi connectivity index (χ0n) is 7.92. The van der Waals surface area contributed by atoms with Crippen LogP contribution in [-0.4, -0.2) is 17.1 Å². The molecule has 0 saturated carbocycles. The van der Waals surface area contributed by atoms with Gasteiger partial charge in [-0.3, -0.25) is 0 Å². The quantitative estimate of drug-likeness (QED) is 0.912. The molecular weight excluding hydrogens is 324 g/mol. The Labute approximate surface area is 104 Å². The smallest absolute Gasteiger partial charge is 0.138 e. The molecule has 0 aliphatic rings. The van der Waals surface area contributed by atoms with Crippen LogP contribution in [-0.2, 0) is 0 Å². The van der Waals surface area contributed by atoms with Crippen LogP contribution in [0.5, 0.6) is 5.75 Å². The molecule has 5 heteroatoms. The van der Waals surface area contributed by atoms with Crippen molar-refractivity contribution in [3.05, 3.63) is 33.5 Å². The van der Waals surface area contributed by atoms with Gasteiger partial charge < -0.3 is 9.72 Å². The van der Waals surface area contributed by atoms with Crippen LogP contribution in [0.1, 0.15) is 0 Å². The number of H-pyrrole nitrogens is 1. The van der Waals surface area contributed by atoms with Gasteiger partial charge in [-0.25, -0.2) is 4.98 Å². The van der Waals surface area contributed by atoms with E-state index < -0.39 is 0 Å². The number of benzene rings is 1. The van der Waals surface area contributed by atoms with Gasteiger partial charge in [-0.15, -0.1) is 0 Å². The molecule has 0 unspecified atom stereocenters. The van der Waals surface area contributed by atoms with Gasteiger partial charge in [0.1, 0.15) is 16.2 Å². The summed E-state index contributed by atoms with van der Waals surface area (Å²) in [7, 11) is 1.64. The fraction of sp³-hybridized carbons (Fsp3) is 0.100. The van der Waals surface area contributed by atoms with Crippen molar-refractivity contribution in [1.29, 1.82) is 0 Å². The van der Waals surface area contributed by atoms with Gasteiger partial charge in [-0.1, -0.05) is 0 Å². The predicted molar refractivity (Wildman–Crippen MR) is 66.0 cm³/mol. The molecule has 1 heterocycles. The second-order valence-corrected chi connectivity index (χ2v) is 4.64. The Morgan fingerprint density at radius 2 is 2.13 bits per heavy atom. The van der Waals surface area contributed by atoms with Gasteiger partial charge in [0.05, 0.1) is 17.8 Å². The number of aromatic amines is 1. The molecule has 15 heavy (non-hydrogen) atoms. The highest BCUT2D eigenvalue weighted by Gasteiger charge is 2.05. The fourth-order valence-electron chi connectivity index (χ4n) is 1.26. The van der Waals surface area contributed by atoms with E-state index in [-0.39, 0.29) is 0 Å². The van der Waals surface area contributed by atoms with Gasteiger partial charge in [0.15, 0.2) is 0 Å². The lowest BCUT2D eigenvalue weighted by Gasteiger charge is -2.04. The first-order valence-electron chi connectivity index (χ1n) is 4.25. The maximum absolute atomic E-state index is 5.15. The summed E-state index contributed by atoms with van der Waals surface area (Å²) < 4.78 is 6.93. The van der Waals surface area contributed by atoms with E-state index in [0.29, 0.717) is 0 Å². The molecule has 78 valence electrons. The van der Waals surface area contributed by atoms with E-state index in [9.17, 15) is 0 Å². The van der Waals surface area contributed by atoms with Crippen LogP contribution in [0.25, 0.3) is 11.4 Å². The molecule has 1 aromatic carbocycles. The van der Waals surface area contributed by atoms with Crippen molar-refractivity contribution in [2.24, 2.45) is 0 Å². The maximum Gasteiger partial charge on any atom is 0.138 e. The highest BCUT2D eigenvalue weighted by Crippen LogP contribution is 2.29. The Kier molecular flexibility index (Phi) is 3.11. The number of imidazole rings is 1. The lowest BCUT2D eigenvalue weighted by atomic mass is 10.2. The van der Waals surface area contributed by atoms with Crippen molar-refractivity contribution in [2.45, 2.75) is 0 Å². The normalized spacial score (nSPS) is 10.3. The molecule has 0 spiro atoms. The van der Waals surface area contributed by atoms with Crippen LogP contribution in [0.3, 0.4) is 0 Å². The molecule has 0 amide bonds. The first-order valence-corrected chi connectivity index (χ1v) is 5.83. The summed E-state index contributed by atoms with van der Waals surface area (Å²) >= 11 is 6.75. The lowest BCUT2D eigenvalue weighted by Crippen LogP contribution is -1.86. The second-order valence-electron chi connectivity index (χ2n) is 2.93. The van der Waals surface area contributed by atoms with Gasteiger partial charge in [-0.2, -0.15) is 0 Å². The Hall–Kier alpha value is -0.810. The van der Waals surface area contributed by atoms with Crippen molar-refractivity contribution in [3.63, 3.8) is 0 Å².